The van der Waals surface area contributed by atoms with Gasteiger partial charge in [-0.2, -0.15) is 0 Å². The van der Waals surface area contributed by atoms with Crippen molar-refractivity contribution in [1.82, 2.24) is 4.72 Å². The van der Waals surface area contributed by atoms with E-state index in [2.05, 4.69) is 14.9 Å². The van der Waals surface area contributed by atoms with E-state index in [-0.39, 0.29) is 10.8 Å². The van der Waals surface area contributed by atoms with E-state index in [1.165, 1.54) is 13.0 Å². The first-order chi connectivity index (χ1) is 12.3. The molecule has 0 heterocycles. The highest BCUT2D eigenvalue weighted by Gasteiger charge is 2.17. The molecule has 0 saturated heterocycles. The number of hydrogen-bond donors (Lipinski definition) is 2. The largest absolute Gasteiger partial charge is 0.375 e. The zero-order valence-electron chi connectivity index (χ0n) is 15.3. The maximum absolute atomic E-state index is 12.6. The zero-order valence-corrected chi connectivity index (χ0v) is 16.1. The number of rotatable bonds is 8. The molecule has 6 nitrogen and oxygen atoms in total. The molecule has 26 heavy (non-hydrogen) atoms. The van der Waals surface area contributed by atoms with E-state index in [1.54, 1.807) is 19.1 Å². The average molecular weight is 375 g/mol. The maximum Gasteiger partial charge on any atom is 0.240 e. The Balaban J connectivity index is 1.95. The normalized spacial score (nSPS) is 11.2. The summed E-state index contributed by atoms with van der Waals surface area (Å²) in [5.41, 5.74) is 2.19. The molecule has 7 heteroatoms. The van der Waals surface area contributed by atoms with Gasteiger partial charge in [-0.1, -0.05) is 24.3 Å². The molecular weight excluding hydrogens is 350 g/mol. The number of anilines is 2. The maximum atomic E-state index is 12.6. The Morgan fingerprint density at radius 3 is 2.46 bits per heavy atom. The second-order valence-corrected chi connectivity index (χ2v) is 7.91. The molecule has 2 rings (SSSR count). The number of sulfonamides is 1. The van der Waals surface area contributed by atoms with Crippen LogP contribution in [0.25, 0.3) is 0 Å². The number of hydrogen-bond acceptors (Lipinski definition) is 4. The number of nitrogens with zero attached hydrogens (tertiary/aromatic N) is 1. The number of carbonyl (C=O) groups excluding carboxylic acids is 1. The van der Waals surface area contributed by atoms with Gasteiger partial charge in [0, 0.05) is 38.4 Å². The topological polar surface area (TPSA) is 78.5 Å². The fraction of sp³-hybridized carbons (Fsp3) is 0.316. The van der Waals surface area contributed by atoms with Gasteiger partial charge in [-0.15, -0.1) is 0 Å². The third-order valence-corrected chi connectivity index (χ3v) is 5.56. The quantitative estimate of drug-likeness (QED) is 0.696. The van der Waals surface area contributed by atoms with Crippen LogP contribution in [-0.2, 0) is 14.8 Å². The van der Waals surface area contributed by atoms with Crippen molar-refractivity contribution in [2.24, 2.45) is 0 Å². The molecule has 0 radical (unpaired) electrons. The van der Waals surface area contributed by atoms with E-state index in [0.717, 1.165) is 12.2 Å². The molecule has 0 fully saturated rings. The van der Waals surface area contributed by atoms with Crippen molar-refractivity contribution in [3.63, 3.8) is 0 Å². The summed E-state index contributed by atoms with van der Waals surface area (Å²) in [7, 11) is -1.65. The minimum absolute atomic E-state index is 0.181. The zero-order chi connectivity index (χ0) is 19.2. The molecule has 1 amide bonds. The van der Waals surface area contributed by atoms with E-state index in [0.29, 0.717) is 24.2 Å². The van der Waals surface area contributed by atoms with Gasteiger partial charge in [0.1, 0.15) is 0 Å². The van der Waals surface area contributed by atoms with Crippen molar-refractivity contribution in [3.05, 3.63) is 54.1 Å². The van der Waals surface area contributed by atoms with Crippen molar-refractivity contribution in [2.75, 3.05) is 30.4 Å². The van der Waals surface area contributed by atoms with Crippen molar-refractivity contribution < 1.29 is 13.2 Å². The van der Waals surface area contributed by atoms with E-state index in [9.17, 15) is 13.2 Å². The number of para-hydroxylation sites is 1. The molecule has 2 aromatic carbocycles. The van der Waals surface area contributed by atoms with Gasteiger partial charge in [0.05, 0.1) is 4.90 Å². The van der Waals surface area contributed by atoms with E-state index < -0.39 is 10.0 Å². The molecule has 140 valence electrons. The van der Waals surface area contributed by atoms with Crippen LogP contribution in [0.5, 0.6) is 0 Å². The van der Waals surface area contributed by atoms with Crippen LogP contribution in [0.15, 0.2) is 53.4 Å². The number of benzene rings is 2. The Bertz CT molecular complexity index is 852. The number of carbonyl (C=O) groups is 1. The third kappa shape index (κ3) is 5.57. The Morgan fingerprint density at radius 2 is 1.81 bits per heavy atom. The monoisotopic (exact) mass is 375 g/mol. The summed E-state index contributed by atoms with van der Waals surface area (Å²) in [6, 6.07) is 14.8. The van der Waals surface area contributed by atoms with E-state index in [4.69, 9.17) is 0 Å². The number of aryl methyl sites for hydroxylation is 1. The van der Waals surface area contributed by atoms with Crippen LogP contribution in [0.3, 0.4) is 0 Å². The molecule has 2 N–H and O–H groups in total. The van der Waals surface area contributed by atoms with Gasteiger partial charge in [0.25, 0.3) is 0 Å². The summed E-state index contributed by atoms with van der Waals surface area (Å²) in [4.78, 5) is 13.4. The lowest BCUT2D eigenvalue weighted by Gasteiger charge is -2.19. The molecule has 0 saturated carbocycles. The highest BCUT2D eigenvalue weighted by Crippen LogP contribution is 2.20. The molecule has 0 atom stereocenters. The molecule has 2 aromatic rings. The highest BCUT2D eigenvalue weighted by atomic mass is 32.2. The molecular formula is C19H25N3O3S. The fourth-order valence-electron chi connectivity index (χ4n) is 2.58. The van der Waals surface area contributed by atoms with Crippen LogP contribution in [0.1, 0.15) is 18.9 Å². The minimum atomic E-state index is -3.63. The smallest absolute Gasteiger partial charge is 0.240 e. The van der Waals surface area contributed by atoms with Gasteiger partial charge < -0.3 is 10.2 Å². The SMILES string of the molecule is CC(=O)Nc1ccc(C)c(S(=O)(=O)NCCCN(C)c2ccccc2)c1. The first kappa shape index (κ1) is 19.9. The number of amides is 1. The summed E-state index contributed by atoms with van der Waals surface area (Å²) >= 11 is 0. The van der Waals surface area contributed by atoms with Crippen LogP contribution in [0.2, 0.25) is 0 Å². The lowest BCUT2D eigenvalue weighted by molar-refractivity contribution is -0.114. The third-order valence-electron chi connectivity index (χ3n) is 3.96. The summed E-state index contributed by atoms with van der Waals surface area (Å²) < 4.78 is 27.8. The average Bonchev–Trinajstić information content (AvgIpc) is 2.60. The van der Waals surface area contributed by atoms with Crippen LogP contribution < -0.4 is 14.9 Å². The van der Waals surface area contributed by atoms with Gasteiger partial charge >= 0.3 is 0 Å². The predicted octanol–water partition coefficient (Wildman–Crippen LogP) is 2.76. The van der Waals surface area contributed by atoms with Gasteiger partial charge in [0.15, 0.2) is 0 Å². The lowest BCUT2D eigenvalue weighted by atomic mass is 10.2. The fourth-order valence-corrected chi connectivity index (χ4v) is 3.93. The van der Waals surface area contributed by atoms with Gasteiger partial charge in [-0.05, 0) is 43.2 Å². The molecule has 0 bridgehead atoms. The summed E-state index contributed by atoms with van der Waals surface area (Å²) in [5.74, 6) is -0.242. The first-order valence-electron chi connectivity index (χ1n) is 8.44. The van der Waals surface area contributed by atoms with Crippen molar-refractivity contribution in [1.29, 1.82) is 0 Å². The van der Waals surface area contributed by atoms with Gasteiger partial charge in [-0.25, -0.2) is 13.1 Å². The van der Waals surface area contributed by atoms with E-state index in [1.807, 2.05) is 37.4 Å². The highest BCUT2D eigenvalue weighted by molar-refractivity contribution is 7.89. The van der Waals surface area contributed by atoms with Crippen molar-refractivity contribution in [2.45, 2.75) is 25.2 Å². The Labute approximate surface area is 155 Å². The van der Waals surface area contributed by atoms with E-state index >= 15 is 0 Å². The van der Waals surface area contributed by atoms with Crippen LogP contribution in [0, 0.1) is 6.92 Å². The second-order valence-electron chi connectivity index (χ2n) is 6.17. The molecule has 0 spiro atoms. The molecule has 0 aliphatic rings. The Hall–Kier alpha value is -2.38. The number of nitrogens with one attached hydrogen (secondary N) is 2. The Kier molecular flexibility index (Phi) is 6.76. The Morgan fingerprint density at radius 1 is 1.12 bits per heavy atom. The summed E-state index contributed by atoms with van der Waals surface area (Å²) in [6.07, 6.45) is 0.676. The van der Waals surface area contributed by atoms with Crippen molar-refractivity contribution >= 4 is 27.3 Å². The minimum Gasteiger partial charge on any atom is -0.375 e. The first-order valence-corrected chi connectivity index (χ1v) is 9.92. The molecule has 0 aromatic heterocycles. The summed E-state index contributed by atoms with van der Waals surface area (Å²) in [5, 5.41) is 2.61. The molecule has 0 unspecified atom stereocenters. The standard InChI is InChI=1S/C19H25N3O3S/c1-15-10-11-17(21-16(2)23)14-19(15)26(24,25)20-12-7-13-22(3)18-8-5-4-6-9-18/h4-6,8-11,14,20H,7,12-13H2,1-3H3,(H,21,23). The van der Waals surface area contributed by atoms with Crippen LogP contribution >= 0.6 is 0 Å². The molecule has 0 aliphatic carbocycles. The molecule has 0 aliphatic heterocycles. The van der Waals surface area contributed by atoms with Crippen LogP contribution in [-0.4, -0.2) is 34.5 Å². The summed E-state index contributed by atoms with van der Waals surface area (Å²) in [6.45, 7) is 4.19. The van der Waals surface area contributed by atoms with Crippen molar-refractivity contribution in [3.8, 4) is 0 Å². The van der Waals surface area contributed by atoms with Gasteiger partial charge in [-0.3, -0.25) is 4.79 Å². The van der Waals surface area contributed by atoms with Crippen LogP contribution in [0.4, 0.5) is 11.4 Å². The second kappa shape index (κ2) is 8.82. The van der Waals surface area contributed by atoms with Gasteiger partial charge in [0.2, 0.25) is 15.9 Å². The predicted molar refractivity (Wildman–Crippen MR) is 105 cm³/mol. The lowest BCUT2D eigenvalue weighted by Crippen LogP contribution is -2.28.